The third kappa shape index (κ3) is 1.34. The van der Waals surface area contributed by atoms with Gasteiger partial charge in [0.1, 0.15) is 0 Å². The zero-order valence-corrected chi connectivity index (χ0v) is 8.63. The molecule has 0 amide bonds. The highest BCUT2D eigenvalue weighted by molar-refractivity contribution is 9.10. The molecule has 2 heteroatoms. The molecule has 0 saturated heterocycles. The SMILES string of the molecule is C[C]1Cc2c(Br)cccc2S1. The van der Waals surface area contributed by atoms with E-state index in [0.29, 0.717) is 0 Å². The van der Waals surface area contributed by atoms with Crippen molar-refractivity contribution in [3.63, 3.8) is 0 Å². The van der Waals surface area contributed by atoms with Crippen molar-refractivity contribution in [1.82, 2.24) is 0 Å². The van der Waals surface area contributed by atoms with Crippen LogP contribution in [0.3, 0.4) is 0 Å². The molecule has 1 aromatic rings. The van der Waals surface area contributed by atoms with Gasteiger partial charge in [0.25, 0.3) is 0 Å². The molecule has 1 heterocycles. The van der Waals surface area contributed by atoms with E-state index >= 15 is 0 Å². The molecule has 0 aromatic heterocycles. The molecule has 0 saturated carbocycles. The molecule has 0 bridgehead atoms. The molecule has 1 aliphatic rings. The predicted molar refractivity (Wildman–Crippen MR) is 52.6 cm³/mol. The van der Waals surface area contributed by atoms with Crippen LogP contribution in [0.25, 0.3) is 0 Å². The summed E-state index contributed by atoms with van der Waals surface area (Å²) in [7, 11) is 0. The van der Waals surface area contributed by atoms with Gasteiger partial charge in [-0.05, 0) is 31.0 Å². The van der Waals surface area contributed by atoms with E-state index in [9.17, 15) is 0 Å². The molecule has 0 fully saturated rings. The smallest absolute Gasteiger partial charge is 0.0370 e. The fourth-order valence-electron chi connectivity index (χ4n) is 1.28. The van der Waals surface area contributed by atoms with E-state index in [0.717, 1.165) is 6.42 Å². The Labute approximate surface area is 79.5 Å². The Morgan fingerprint density at radius 2 is 2.27 bits per heavy atom. The van der Waals surface area contributed by atoms with Crippen molar-refractivity contribution in [1.29, 1.82) is 0 Å². The fraction of sp³-hybridized carbons (Fsp3) is 0.222. The van der Waals surface area contributed by atoms with E-state index in [1.807, 2.05) is 11.8 Å². The molecule has 1 radical (unpaired) electrons. The van der Waals surface area contributed by atoms with Gasteiger partial charge < -0.3 is 0 Å². The number of thioether (sulfide) groups is 1. The highest BCUT2D eigenvalue weighted by Crippen LogP contribution is 2.44. The topological polar surface area (TPSA) is 0 Å². The average molecular weight is 228 g/mol. The minimum absolute atomic E-state index is 1.13. The van der Waals surface area contributed by atoms with Gasteiger partial charge in [0.15, 0.2) is 0 Å². The van der Waals surface area contributed by atoms with E-state index in [-0.39, 0.29) is 0 Å². The van der Waals surface area contributed by atoms with Gasteiger partial charge in [-0.15, -0.1) is 11.8 Å². The molecule has 0 N–H and O–H groups in total. The van der Waals surface area contributed by atoms with Crippen LogP contribution in [0.15, 0.2) is 27.6 Å². The number of halogens is 1. The minimum Gasteiger partial charge on any atom is -0.117 e. The lowest BCUT2D eigenvalue weighted by Gasteiger charge is -1.97. The van der Waals surface area contributed by atoms with E-state index in [1.54, 1.807) is 0 Å². The van der Waals surface area contributed by atoms with Crippen molar-refractivity contribution in [2.24, 2.45) is 0 Å². The minimum atomic E-state index is 1.13. The first-order chi connectivity index (χ1) is 5.27. The number of benzene rings is 1. The van der Waals surface area contributed by atoms with Crippen molar-refractivity contribution in [3.05, 3.63) is 33.5 Å². The number of fused-ring (bicyclic) bond motifs is 1. The van der Waals surface area contributed by atoms with E-state index in [4.69, 9.17) is 0 Å². The Kier molecular flexibility index (Phi) is 1.98. The van der Waals surface area contributed by atoms with E-state index in [1.165, 1.54) is 20.2 Å². The quantitative estimate of drug-likeness (QED) is 0.653. The summed E-state index contributed by atoms with van der Waals surface area (Å²) in [6.45, 7) is 2.19. The first-order valence-electron chi connectivity index (χ1n) is 3.55. The monoisotopic (exact) mass is 227 g/mol. The summed E-state index contributed by atoms with van der Waals surface area (Å²) in [4.78, 5) is 1.41. The molecular weight excluding hydrogens is 220 g/mol. The Morgan fingerprint density at radius 1 is 1.45 bits per heavy atom. The van der Waals surface area contributed by atoms with Crippen molar-refractivity contribution < 1.29 is 0 Å². The predicted octanol–water partition coefficient (Wildman–Crippen LogP) is 3.65. The van der Waals surface area contributed by atoms with Gasteiger partial charge in [-0.1, -0.05) is 22.0 Å². The van der Waals surface area contributed by atoms with E-state index in [2.05, 4.69) is 41.1 Å². The summed E-state index contributed by atoms with van der Waals surface area (Å²) in [5.74, 6) is 0. The summed E-state index contributed by atoms with van der Waals surface area (Å²) in [5, 5.41) is 1.49. The third-order valence-corrected chi connectivity index (χ3v) is 3.62. The maximum atomic E-state index is 3.55. The third-order valence-electron chi connectivity index (χ3n) is 1.79. The van der Waals surface area contributed by atoms with Crippen LogP contribution in [0.2, 0.25) is 0 Å². The van der Waals surface area contributed by atoms with Gasteiger partial charge >= 0.3 is 0 Å². The van der Waals surface area contributed by atoms with Crippen LogP contribution in [0.4, 0.5) is 0 Å². The molecule has 0 spiro atoms. The van der Waals surface area contributed by atoms with Crippen LogP contribution in [0, 0.1) is 5.25 Å². The first-order valence-corrected chi connectivity index (χ1v) is 5.16. The summed E-state index contributed by atoms with van der Waals surface area (Å²) in [6.07, 6.45) is 1.13. The van der Waals surface area contributed by atoms with Gasteiger partial charge in [-0.25, -0.2) is 0 Å². The molecule has 0 unspecified atom stereocenters. The lowest BCUT2D eigenvalue weighted by Crippen LogP contribution is -1.83. The van der Waals surface area contributed by atoms with Crippen LogP contribution in [0.1, 0.15) is 12.5 Å². The number of hydrogen-bond donors (Lipinski definition) is 0. The Bertz CT molecular complexity index is 283. The summed E-state index contributed by atoms with van der Waals surface area (Å²) in [5.41, 5.74) is 1.45. The maximum Gasteiger partial charge on any atom is 0.0370 e. The zero-order valence-electron chi connectivity index (χ0n) is 6.23. The molecule has 57 valence electrons. The molecule has 1 aromatic carbocycles. The summed E-state index contributed by atoms with van der Waals surface area (Å²) < 4.78 is 1.25. The first kappa shape index (κ1) is 7.69. The van der Waals surface area contributed by atoms with Gasteiger partial charge in [-0.3, -0.25) is 0 Å². The van der Waals surface area contributed by atoms with Gasteiger partial charge in [0, 0.05) is 14.6 Å². The van der Waals surface area contributed by atoms with Crippen LogP contribution in [-0.2, 0) is 6.42 Å². The second-order valence-corrected chi connectivity index (χ2v) is 4.89. The van der Waals surface area contributed by atoms with Crippen LogP contribution < -0.4 is 0 Å². The molecule has 1 aliphatic heterocycles. The lowest BCUT2D eigenvalue weighted by atomic mass is 10.1. The zero-order chi connectivity index (χ0) is 7.84. The Hall–Kier alpha value is 0.0500. The van der Waals surface area contributed by atoms with Crippen molar-refractivity contribution in [3.8, 4) is 0 Å². The number of rotatable bonds is 0. The average Bonchev–Trinajstić information content (AvgIpc) is 2.31. The maximum absolute atomic E-state index is 3.55. The second-order valence-electron chi connectivity index (χ2n) is 2.70. The second kappa shape index (κ2) is 2.83. The Balaban J connectivity index is 2.49. The fourth-order valence-corrected chi connectivity index (χ4v) is 2.96. The number of hydrogen-bond acceptors (Lipinski definition) is 1. The molecule has 11 heavy (non-hydrogen) atoms. The van der Waals surface area contributed by atoms with Gasteiger partial charge in [0.2, 0.25) is 0 Å². The van der Waals surface area contributed by atoms with Crippen LogP contribution in [0.5, 0.6) is 0 Å². The highest BCUT2D eigenvalue weighted by atomic mass is 79.9. The normalized spacial score (nSPS) is 16.9. The van der Waals surface area contributed by atoms with Crippen LogP contribution in [-0.4, -0.2) is 0 Å². The van der Waals surface area contributed by atoms with Crippen molar-refractivity contribution >= 4 is 27.7 Å². The largest absolute Gasteiger partial charge is 0.117 e. The molecule has 0 atom stereocenters. The Morgan fingerprint density at radius 3 is 3.00 bits per heavy atom. The lowest BCUT2D eigenvalue weighted by molar-refractivity contribution is 1.09. The summed E-state index contributed by atoms with van der Waals surface area (Å²) >= 11 is 5.44. The van der Waals surface area contributed by atoms with Gasteiger partial charge in [0.05, 0.1) is 0 Å². The summed E-state index contributed by atoms with van der Waals surface area (Å²) in [6, 6.07) is 6.38. The standard InChI is InChI=1S/C9H8BrS/c1-6-5-7-8(10)3-2-4-9(7)11-6/h2-4H,5H2,1H3. The highest BCUT2D eigenvalue weighted by Gasteiger charge is 2.20. The van der Waals surface area contributed by atoms with E-state index < -0.39 is 0 Å². The molecule has 0 aliphatic carbocycles. The molecule has 0 nitrogen and oxygen atoms in total. The molecule has 2 rings (SSSR count). The molecular formula is C9H8BrS. The van der Waals surface area contributed by atoms with Crippen molar-refractivity contribution in [2.75, 3.05) is 0 Å². The van der Waals surface area contributed by atoms with Crippen molar-refractivity contribution in [2.45, 2.75) is 18.2 Å². The van der Waals surface area contributed by atoms with Crippen LogP contribution >= 0.6 is 27.7 Å². The van der Waals surface area contributed by atoms with Gasteiger partial charge in [-0.2, -0.15) is 0 Å².